The van der Waals surface area contributed by atoms with Crippen molar-refractivity contribution >= 4 is 5.91 Å². The molecule has 1 amide bonds. The van der Waals surface area contributed by atoms with E-state index in [-0.39, 0.29) is 13.1 Å². The van der Waals surface area contributed by atoms with Crippen molar-refractivity contribution in [3.8, 4) is 0 Å². The zero-order chi connectivity index (χ0) is 13.5. The van der Waals surface area contributed by atoms with Crippen molar-refractivity contribution < 1.29 is 23.1 Å². The molecule has 4 nitrogen and oxygen atoms in total. The molecule has 0 aromatic heterocycles. The van der Waals surface area contributed by atoms with Crippen LogP contribution in [-0.4, -0.2) is 42.4 Å². The van der Waals surface area contributed by atoms with Gasteiger partial charge in [0.2, 0.25) is 5.91 Å². The van der Waals surface area contributed by atoms with Gasteiger partial charge in [0, 0.05) is 6.54 Å². The fraction of sp³-hybridized carbons (Fsp3) is 0.900. The van der Waals surface area contributed by atoms with Crippen molar-refractivity contribution in [2.75, 3.05) is 19.6 Å². The Kier molecular flexibility index (Phi) is 6.48. The van der Waals surface area contributed by atoms with Gasteiger partial charge in [0.25, 0.3) is 0 Å². The minimum absolute atomic E-state index is 0.167. The van der Waals surface area contributed by atoms with Gasteiger partial charge >= 0.3 is 6.18 Å². The molecule has 0 saturated carbocycles. The van der Waals surface area contributed by atoms with Crippen molar-refractivity contribution in [2.24, 2.45) is 0 Å². The normalized spacial score (nSPS) is 15.4. The van der Waals surface area contributed by atoms with E-state index in [1.54, 1.807) is 12.2 Å². The number of alkyl halides is 3. The van der Waals surface area contributed by atoms with Gasteiger partial charge in [-0.15, -0.1) is 0 Å². The Morgan fingerprint density at radius 3 is 2.35 bits per heavy atom. The molecular weight excluding hydrogens is 237 g/mol. The lowest BCUT2D eigenvalue weighted by Crippen LogP contribution is -2.44. The van der Waals surface area contributed by atoms with Crippen molar-refractivity contribution in [2.45, 2.75) is 38.5 Å². The minimum atomic E-state index is -4.40. The highest BCUT2D eigenvalue weighted by molar-refractivity contribution is 5.78. The summed E-state index contributed by atoms with van der Waals surface area (Å²) in [6.07, 6.45) is -3.05. The first-order chi connectivity index (χ1) is 7.66. The number of halogens is 3. The maximum Gasteiger partial charge on any atom is 0.405 e. The zero-order valence-electron chi connectivity index (χ0n) is 10.0. The molecule has 17 heavy (non-hydrogen) atoms. The van der Waals surface area contributed by atoms with E-state index in [4.69, 9.17) is 0 Å². The number of amides is 1. The largest absolute Gasteiger partial charge is 0.405 e. The fourth-order valence-corrected chi connectivity index (χ4v) is 1.33. The maximum atomic E-state index is 11.8. The van der Waals surface area contributed by atoms with E-state index in [9.17, 15) is 23.1 Å². The first-order valence-electron chi connectivity index (χ1n) is 5.43. The summed E-state index contributed by atoms with van der Waals surface area (Å²) in [4.78, 5) is 11.0. The van der Waals surface area contributed by atoms with Gasteiger partial charge in [0.05, 0.1) is 12.1 Å². The lowest BCUT2D eigenvalue weighted by Gasteiger charge is -2.22. The monoisotopic (exact) mass is 256 g/mol. The van der Waals surface area contributed by atoms with E-state index in [1.165, 1.54) is 0 Å². The molecule has 0 aromatic rings. The summed E-state index contributed by atoms with van der Waals surface area (Å²) < 4.78 is 35.3. The van der Waals surface area contributed by atoms with E-state index in [2.05, 4.69) is 5.32 Å². The Balaban J connectivity index is 3.72. The van der Waals surface area contributed by atoms with Gasteiger partial charge in [0.1, 0.15) is 6.54 Å². The summed E-state index contributed by atoms with van der Waals surface area (Å²) in [6, 6.07) is 0. The van der Waals surface area contributed by atoms with Gasteiger partial charge in [-0.1, -0.05) is 13.3 Å². The van der Waals surface area contributed by atoms with Gasteiger partial charge in [-0.05, 0) is 13.3 Å². The van der Waals surface area contributed by atoms with Crippen molar-refractivity contribution in [1.82, 2.24) is 10.6 Å². The smallest absolute Gasteiger partial charge is 0.389 e. The standard InChI is InChI=1S/C10H19F3N2O2/c1-3-4-9(2,17)6-14-5-8(16)15-7-10(11,12)13/h14,17H,3-7H2,1-2H3,(H,15,16). The molecule has 1 atom stereocenters. The summed E-state index contributed by atoms with van der Waals surface area (Å²) in [5.41, 5.74) is -0.945. The van der Waals surface area contributed by atoms with Crippen LogP contribution in [0.15, 0.2) is 0 Å². The quantitative estimate of drug-likeness (QED) is 0.631. The highest BCUT2D eigenvalue weighted by Gasteiger charge is 2.27. The first-order valence-corrected chi connectivity index (χ1v) is 5.43. The number of carbonyl (C=O) groups is 1. The van der Waals surface area contributed by atoms with Gasteiger partial charge < -0.3 is 15.7 Å². The second-order valence-corrected chi connectivity index (χ2v) is 4.24. The van der Waals surface area contributed by atoms with E-state index in [0.29, 0.717) is 6.42 Å². The summed E-state index contributed by atoms with van der Waals surface area (Å²) in [7, 11) is 0. The van der Waals surface area contributed by atoms with Gasteiger partial charge in [0.15, 0.2) is 0 Å². The van der Waals surface area contributed by atoms with Crippen LogP contribution in [0.3, 0.4) is 0 Å². The van der Waals surface area contributed by atoms with Crippen molar-refractivity contribution in [1.29, 1.82) is 0 Å². The summed E-state index contributed by atoms with van der Waals surface area (Å²) in [5.74, 6) is -0.741. The summed E-state index contributed by atoms with van der Waals surface area (Å²) >= 11 is 0. The maximum absolute atomic E-state index is 11.8. The molecule has 1 unspecified atom stereocenters. The molecule has 0 aliphatic rings. The second-order valence-electron chi connectivity index (χ2n) is 4.24. The molecule has 0 fully saturated rings. The number of hydrogen-bond acceptors (Lipinski definition) is 3. The molecule has 0 bridgehead atoms. The first kappa shape index (κ1) is 16.2. The predicted octanol–water partition coefficient (Wildman–Crippen LogP) is 0.806. The summed E-state index contributed by atoms with van der Waals surface area (Å²) in [5, 5.41) is 14.1. The molecule has 0 heterocycles. The highest BCUT2D eigenvalue weighted by Crippen LogP contribution is 2.12. The van der Waals surface area contributed by atoms with Crippen LogP contribution < -0.4 is 10.6 Å². The number of carbonyl (C=O) groups excluding carboxylic acids is 1. The van der Waals surface area contributed by atoms with Gasteiger partial charge in [-0.25, -0.2) is 0 Å². The Bertz CT molecular complexity index is 242. The Morgan fingerprint density at radius 2 is 1.88 bits per heavy atom. The van der Waals surface area contributed by atoms with Gasteiger partial charge in [-0.2, -0.15) is 13.2 Å². The molecule has 0 spiro atoms. The number of aliphatic hydroxyl groups is 1. The second kappa shape index (κ2) is 6.80. The van der Waals surface area contributed by atoms with Crippen LogP contribution >= 0.6 is 0 Å². The van der Waals surface area contributed by atoms with Crippen LogP contribution in [0.2, 0.25) is 0 Å². The van der Waals surface area contributed by atoms with Crippen LogP contribution in [0.25, 0.3) is 0 Å². The molecule has 0 rings (SSSR count). The van der Waals surface area contributed by atoms with E-state index in [1.807, 2.05) is 6.92 Å². The number of nitrogens with one attached hydrogen (secondary N) is 2. The lowest BCUT2D eigenvalue weighted by atomic mass is 10.0. The van der Waals surface area contributed by atoms with Gasteiger partial charge in [-0.3, -0.25) is 4.79 Å². The molecular formula is C10H19F3N2O2. The Hall–Kier alpha value is -0.820. The fourth-order valence-electron chi connectivity index (χ4n) is 1.33. The summed E-state index contributed by atoms with van der Waals surface area (Å²) in [6.45, 7) is 2.11. The Morgan fingerprint density at radius 1 is 1.29 bits per heavy atom. The SMILES string of the molecule is CCCC(C)(O)CNCC(=O)NCC(F)(F)F. The molecule has 0 aromatic carbocycles. The molecule has 0 radical (unpaired) electrons. The van der Waals surface area contributed by atoms with E-state index >= 15 is 0 Å². The predicted molar refractivity (Wildman–Crippen MR) is 57.5 cm³/mol. The average molecular weight is 256 g/mol. The molecule has 0 aliphatic carbocycles. The van der Waals surface area contributed by atoms with Crippen LogP contribution in [0.4, 0.5) is 13.2 Å². The highest BCUT2D eigenvalue weighted by atomic mass is 19.4. The number of rotatable bonds is 7. The van der Waals surface area contributed by atoms with Crippen LogP contribution in [0, 0.1) is 0 Å². The van der Waals surface area contributed by atoms with Crippen molar-refractivity contribution in [3.05, 3.63) is 0 Å². The van der Waals surface area contributed by atoms with Crippen LogP contribution in [0.1, 0.15) is 26.7 Å². The topological polar surface area (TPSA) is 61.4 Å². The Labute approximate surface area is 98.6 Å². The lowest BCUT2D eigenvalue weighted by molar-refractivity contribution is -0.138. The third-order valence-corrected chi connectivity index (χ3v) is 2.07. The van der Waals surface area contributed by atoms with Crippen LogP contribution in [0.5, 0.6) is 0 Å². The van der Waals surface area contributed by atoms with E-state index < -0.39 is 24.2 Å². The molecule has 3 N–H and O–H groups in total. The molecule has 0 saturated heterocycles. The van der Waals surface area contributed by atoms with Crippen LogP contribution in [-0.2, 0) is 4.79 Å². The molecule has 7 heteroatoms. The zero-order valence-corrected chi connectivity index (χ0v) is 10.0. The molecule has 0 aliphatic heterocycles. The minimum Gasteiger partial charge on any atom is -0.389 e. The van der Waals surface area contributed by atoms with Crippen molar-refractivity contribution in [3.63, 3.8) is 0 Å². The number of hydrogen-bond donors (Lipinski definition) is 3. The molecule has 102 valence electrons. The third-order valence-electron chi connectivity index (χ3n) is 2.07. The third kappa shape index (κ3) is 10.1. The van der Waals surface area contributed by atoms with E-state index in [0.717, 1.165) is 6.42 Å². The average Bonchev–Trinajstić information content (AvgIpc) is 2.13.